The molecule has 0 saturated heterocycles. The van der Waals surface area contributed by atoms with Crippen LogP contribution in [0.3, 0.4) is 0 Å². The van der Waals surface area contributed by atoms with E-state index in [9.17, 15) is 18.3 Å². The number of carboxylic acids is 1. The van der Waals surface area contributed by atoms with Gasteiger partial charge in [0, 0.05) is 0 Å². The third-order valence-electron chi connectivity index (χ3n) is 1.99. The van der Waals surface area contributed by atoms with E-state index in [-0.39, 0.29) is 9.09 Å². The van der Waals surface area contributed by atoms with Crippen LogP contribution in [-0.2, 0) is 14.8 Å². The molecule has 98 valence electrons. The lowest BCUT2D eigenvalue weighted by molar-refractivity contribution is -0.141. The third kappa shape index (κ3) is 3.27. The fraction of sp³-hybridized carbons (Fsp3) is 0.333. The molecule has 0 fully saturated rings. The number of hydrogen-bond acceptors (Lipinski definition) is 6. The Hall–Kier alpha value is -1.47. The van der Waals surface area contributed by atoms with E-state index in [4.69, 9.17) is 10.4 Å². The van der Waals surface area contributed by atoms with Crippen molar-refractivity contribution in [1.29, 1.82) is 5.26 Å². The number of carboxylic acid groups (broad SMARTS) is 1. The van der Waals surface area contributed by atoms with Crippen molar-refractivity contribution < 1.29 is 23.4 Å². The molecule has 0 unspecified atom stereocenters. The van der Waals surface area contributed by atoms with Gasteiger partial charge in [-0.25, -0.2) is 8.42 Å². The van der Waals surface area contributed by atoms with E-state index in [0.29, 0.717) is 0 Å². The molecule has 9 heteroatoms. The molecule has 0 amide bonds. The van der Waals surface area contributed by atoms with Crippen LogP contribution in [0.2, 0.25) is 0 Å². The van der Waals surface area contributed by atoms with Gasteiger partial charge >= 0.3 is 5.97 Å². The Morgan fingerprint density at radius 3 is 2.56 bits per heavy atom. The van der Waals surface area contributed by atoms with E-state index in [1.54, 1.807) is 6.07 Å². The summed E-state index contributed by atoms with van der Waals surface area (Å²) in [6.45, 7) is 1.16. The van der Waals surface area contributed by atoms with Crippen LogP contribution in [0.25, 0.3) is 0 Å². The minimum Gasteiger partial charge on any atom is -0.480 e. The highest BCUT2D eigenvalue weighted by Crippen LogP contribution is 2.21. The van der Waals surface area contributed by atoms with Gasteiger partial charge in [0.25, 0.3) is 10.0 Å². The lowest BCUT2D eigenvalue weighted by Gasteiger charge is -2.16. The SMILES string of the molecule is C[C@@H](O)[C@H](NS(=O)(=O)c1ccc(C#N)s1)C(=O)O. The van der Waals surface area contributed by atoms with Gasteiger partial charge in [-0.05, 0) is 19.1 Å². The molecule has 0 aliphatic carbocycles. The predicted molar refractivity (Wildman–Crippen MR) is 62.5 cm³/mol. The summed E-state index contributed by atoms with van der Waals surface area (Å²) in [5.74, 6) is -1.48. The molecule has 0 saturated carbocycles. The molecule has 1 heterocycles. The highest BCUT2D eigenvalue weighted by Gasteiger charge is 2.30. The average molecular weight is 290 g/mol. The first kappa shape index (κ1) is 14.6. The summed E-state index contributed by atoms with van der Waals surface area (Å²) in [5.41, 5.74) is 0. The Morgan fingerprint density at radius 2 is 2.17 bits per heavy atom. The number of aliphatic hydroxyl groups excluding tert-OH is 1. The number of sulfonamides is 1. The second-order valence-corrected chi connectivity index (χ2v) is 6.43. The second-order valence-electron chi connectivity index (χ2n) is 3.41. The summed E-state index contributed by atoms with van der Waals surface area (Å²) < 4.78 is 25.3. The molecule has 1 aromatic heterocycles. The number of carbonyl (C=O) groups is 1. The first-order valence-electron chi connectivity index (χ1n) is 4.71. The average Bonchev–Trinajstić information content (AvgIpc) is 2.74. The molecular weight excluding hydrogens is 280 g/mol. The molecular formula is C9H10N2O5S2. The third-order valence-corrected chi connectivity index (χ3v) is 4.91. The lowest BCUT2D eigenvalue weighted by Crippen LogP contribution is -2.47. The van der Waals surface area contributed by atoms with Gasteiger partial charge in [-0.1, -0.05) is 0 Å². The summed E-state index contributed by atoms with van der Waals surface area (Å²) in [6.07, 6.45) is -1.38. The number of nitriles is 1. The van der Waals surface area contributed by atoms with Crippen molar-refractivity contribution in [3.8, 4) is 6.07 Å². The number of aliphatic hydroxyl groups is 1. The molecule has 0 aromatic carbocycles. The van der Waals surface area contributed by atoms with Gasteiger partial charge < -0.3 is 10.2 Å². The molecule has 3 N–H and O–H groups in total. The van der Waals surface area contributed by atoms with Crippen LogP contribution in [0.1, 0.15) is 11.8 Å². The fourth-order valence-electron chi connectivity index (χ4n) is 1.11. The van der Waals surface area contributed by atoms with Crippen molar-refractivity contribution in [2.45, 2.75) is 23.3 Å². The van der Waals surface area contributed by atoms with E-state index in [1.807, 2.05) is 4.72 Å². The molecule has 18 heavy (non-hydrogen) atoms. The van der Waals surface area contributed by atoms with Gasteiger partial charge in [-0.15, -0.1) is 11.3 Å². The Morgan fingerprint density at radius 1 is 1.56 bits per heavy atom. The number of aliphatic carboxylic acids is 1. The highest BCUT2D eigenvalue weighted by molar-refractivity contribution is 7.91. The number of hydrogen-bond donors (Lipinski definition) is 3. The van der Waals surface area contributed by atoms with E-state index in [2.05, 4.69) is 0 Å². The van der Waals surface area contributed by atoms with Crippen LogP contribution in [0.15, 0.2) is 16.3 Å². The van der Waals surface area contributed by atoms with Crippen LogP contribution in [0, 0.1) is 11.3 Å². The van der Waals surface area contributed by atoms with E-state index in [0.717, 1.165) is 18.3 Å². The molecule has 0 aliphatic heterocycles. The Kier molecular flexibility index (Phi) is 4.42. The topological polar surface area (TPSA) is 127 Å². The molecule has 7 nitrogen and oxygen atoms in total. The summed E-state index contributed by atoms with van der Waals surface area (Å²) >= 11 is 0.719. The largest absolute Gasteiger partial charge is 0.480 e. The van der Waals surface area contributed by atoms with Crippen molar-refractivity contribution in [3.05, 3.63) is 17.0 Å². The van der Waals surface area contributed by atoms with Crippen molar-refractivity contribution in [2.75, 3.05) is 0 Å². The molecule has 1 rings (SSSR count). The standard InChI is InChI=1S/C9H10N2O5S2/c1-5(12)8(9(13)14)11-18(15,16)7-3-2-6(4-10)17-7/h2-3,5,8,11-12H,1H3,(H,13,14)/t5-,8+/m1/s1. The number of nitrogens with one attached hydrogen (secondary N) is 1. The van der Waals surface area contributed by atoms with Gasteiger partial charge in [0.1, 0.15) is 21.2 Å². The fourth-order valence-corrected chi connectivity index (χ4v) is 3.49. The van der Waals surface area contributed by atoms with Gasteiger partial charge in [0.15, 0.2) is 0 Å². The van der Waals surface area contributed by atoms with Crippen LogP contribution in [0.5, 0.6) is 0 Å². The van der Waals surface area contributed by atoms with Crippen molar-refractivity contribution in [1.82, 2.24) is 4.72 Å². The quantitative estimate of drug-likeness (QED) is 0.685. The maximum atomic E-state index is 11.8. The zero-order valence-corrected chi connectivity index (χ0v) is 10.8. The van der Waals surface area contributed by atoms with Gasteiger partial charge in [-0.3, -0.25) is 4.79 Å². The maximum Gasteiger partial charge on any atom is 0.324 e. The molecule has 0 aliphatic rings. The van der Waals surface area contributed by atoms with Crippen molar-refractivity contribution in [3.63, 3.8) is 0 Å². The van der Waals surface area contributed by atoms with Crippen LogP contribution in [0.4, 0.5) is 0 Å². The van der Waals surface area contributed by atoms with Crippen LogP contribution in [-0.4, -0.2) is 36.7 Å². The minimum absolute atomic E-state index is 0.175. The Balaban J connectivity index is 3.01. The summed E-state index contributed by atoms with van der Waals surface area (Å²) in [5, 5.41) is 26.5. The first-order valence-corrected chi connectivity index (χ1v) is 7.01. The molecule has 0 spiro atoms. The van der Waals surface area contributed by atoms with E-state index >= 15 is 0 Å². The Bertz CT molecular complexity index is 584. The van der Waals surface area contributed by atoms with Gasteiger partial charge in [-0.2, -0.15) is 9.98 Å². The normalized spacial score (nSPS) is 14.7. The first-order chi connectivity index (χ1) is 8.27. The summed E-state index contributed by atoms with van der Waals surface area (Å²) in [4.78, 5) is 11.0. The van der Waals surface area contributed by atoms with Crippen molar-refractivity contribution in [2.24, 2.45) is 0 Å². The molecule has 0 radical (unpaired) electrons. The van der Waals surface area contributed by atoms with Crippen LogP contribution < -0.4 is 4.72 Å². The zero-order valence-electron chi connectivity index (χ0n) is 9.19. The summed E-state index contributed by atoms with van der Waals surface area (Å²) in [6, 6.07) is 2.66. The highest BCUT2D eigenvalue weighted by atomic mass is 32.2. The maximum absolute atomic E-state index is 11.8. The minimum atomic E-state index is -4.06. The Labute approximate surface area is 107 Å². The zero-order chi connectivity index (χ0) is 13.9. The van der Waals surface area contributed by atoms with E-state index in [1.165, 1.54) is 12.1 Å². The predicted octanol–water partition coefficient (Wildman–Crippen LogP) is -0.268. The molecule has 2 atom stereocenters. The summed E-state index contributed by atoms with van der Waals surface area (Å²) in [7, 11) is -4.06. The van der Waals surface area contributed by atoms with Crippen LogP contribution >= 0.6 is 11.3 Å². The van der Waals surface area contributed by atoms with E-state index < -0.39 is 28.1 Å². The lowest BCUT2D eigenvalue weighted by atomic mass is 10.2. The van der Waals surface area contributed by atoms with Gasteiger partial charge in [0.2, 0.25) is 0 Å². The monoisotopic (exact) mass is 290 g/mol. The number of thiophene rings is 1. The number of nitrogens with zero attached hydrogens (tertiary/aromatic N) is 1. The second kappa shape index (κ2) is 5.45. The number of rotatable bonds is 5. The molecule has 0 bridgehead atoms. The van der Waals surface area contributed by atoms with Crippen molar-refractivity contribution >= 4 is 27.3 Å². The molecule has 1 aromatic rings. The van der Waals surface area contributed by atoms with Gasteiger partial charge in [0.05, 0.1) is 6.10 Å². The smallest absolute Gasteiger partial charge is 0.324 e.